The third kappa shape index (κ3) is 3.71. The van der Waals surface area contributed by atoms with Crippen LogP contribution in [0.4, 0.5) is 0 Å². The minimum absolute atomic E-state index is 0.891. The van der Waals surface area contributed by atoms with Crippen molar-refractivity contribution in [2.24, 2.45) is 11.8 Å². The largest absolute Gasteiger partial charge is 0.303 e. The van der Waals surface area contributed by atoms with Gasteiger partial charge in [0.05, 0.1) is 0 Å². The molecule has 0 N–H and O–H groups in total. The van der Waals surface area contributed by atoms with Crippen LogP contribution < -0.4 is 0 Å². The highest BCUT2D eigenvalue weighted by molar-refractivity contribution is 4.82. The van der Waals surface area contributed by atoms with E-state index in [-0.39, 0.29) is 0 Å². The van der Waals surface area contributed by atoms with Crippen molar-refractivity contribution in [2.45, 2.75) is 77.2 Å². The summed E-state index contributed by atoms with van der Waals surface area (Å²) >= 11 is 0. The molecular formula is C16H31N. The fraction of sp³-hybridized carbons (Fsp3) is 1.00. The van der Waals surface area contributed by atoms with Crippen LogP contribution >= 0.6 is 0 Å². The van der Waals surface area contributed by atoms with E-state index in [9.17, 15) is 0 Å². The average molecular weight is 237 g/mol. The van der Waals surface area contributed by atoms with Crippen molar-refractivity contribution in [3.8, 4) is 0 Å². The molecule has 2 unspecified atom stereocenters. The highest BCUT2D eigenvalue weighted by Crippen LogP contribution is 2.38. The fourth-order valence-corrected chi connectivity index (χ4v) is 4.15. The van der Waals surface area contributed by atoms with Crippen molar-refractivity contribution in [1.82, 2.24) is 4.90 Å². The quantitative estimate of drug-likeness (QED) is 0.700. The van der Waals surface area contributed by atoms with E-state index in [1.54, 1.807) is 0 Å². The van der Waals surface area contributed by atoms with Crippen LogP contribution in [0.5, 0.6) is 0 Å². The van der Waals surface area contributed by atoms with Gasteiger partial charge in [0.15, 0.2) is 0 Å². The molecular weight excluding hydrogens is 206 g/mol. The smallest absolute Gasteiger partial charge is 0.00924 e. The zero-order valence-electron chi connectivity index (χ0n) is 12.0. The first-order valence-electron chi connectivity index (χ1n) is 8.01. The Morgan fingerprint density at radius 1 is 0.824 bits per heavy atom. The summed E-state index contributed by atoms with van der Waals surface area (Å²) in [6, 6.07) is 0.891. The summed E-state index contributed by atoms with van der Waals surface area (Å²) in [6.07, 6.45) is 14.9. The maximum atomic E-state index is 2.63. The summed E-state index contributed by atoms with van der Waals surface area (Å²) in [7, 11) is 2.34. The summed E-state index contributed by atoms with van der Waals surface area (Å²) in [5.74, 6) is 2.16. The Morgan fingerprint density at radius 2 is 1.41 bits per heavy atom. The van der Waals surface area contributed by atoms with Gasteiger partial charge in [0.1, 0.15) is 0 Å². The van der Waals surface area contributed by atoms with Crippen molar-refractivity contribution < 1.29 is 0 Å². The van der Waals surface area contributed by atoms with Gasteiger partial charge in [-0.2, -0.15) is 0 Å². The number of nitrogens with zero attached hydrogens (tertiary/aromatic N) is 1. The Kier molecular flexibility index (Phi) is 5.34. The monoisotopic (exact) mass is 237 g/mol. The van der Waals surface area contributed by atoms with Crippen molar-refractivity contribution in [3.63, 3.8) is 0 Å². The lowest BCUT2D eigenvalue weighted by Crippen LogP contribution is -2.31. The van der Waals surface area contributed by atoms with Gasteiger partial charge in [0.25, 0.3) is 0 Å². The predicted molar refractivity (Wildman–Crippen MR) is 75.2 cm³/mol. The van der Waals surface area contributed by atoms with E-state index in [1.807, 2.05) is 0 Å². The summed E-state index contributed by atoms with van der Waals surface area (Å²) in [5, 5.41) is 0. The van der Waals surface area contributed by atoms with Gasteiger partial charge in [0.2, 0.25) is 0 Å². The molecule has 17 heavy (non-hydrogen) atoms. The molecule has 2 saturated carbocycles. The molecule has 0 aromatic rings. The molecule has 2 aliphatic rings. The molecule has 2 atom stereocenters. The van der Waals surface area contributed by atoms with Crippen molar-refractivity contribution in [3.05, 3.63) is 0 Å². The molecule has 0 spiro atoms. The van der Waals surface area contributed by atoms with Crippen molar-refractivity contribution >= 4 is 0 Å². The second-order valence-electron chi connectivity index (χ2n) is 6.45. The number of rotatable bonds is 3. The van der Waals surface area contributed by atoms with Gasteiger partial charge >= 0.3 is 0 Å². The van der Waals surface area contributed by atoms with E-state index >= 15 is 0 Å². The van der Waals surface area contributed by atoms with Gasteiger partial charge in [0, 0.05) is 6.04 Å². The maximum absolute atomic E-state index is 2.63. The minimum Gasteiger partial charge on any atom is -0.303 e. The first kappa shape index (κ1) is 13.4. The average Bonchev–Trinajstić information content (AvgIpc) is 2.63. The van der Waals surface area contributed by atoms with Gasteiger partial charge in [-0.15, -0.1) is 0 Å². The van der Waals surface area contributed by atoms with Crippen molar-refractivity contribution in [2.75, 3.05) is 13.6 Å². The third-order valence-electron chi connectivity index (χ3n) is 5.26. The molecule has 0 aromatic heterocycles. The molecule has 1 nitrogen and oxygen atoms in total. The summed E-state index contributed by atoms with van der Waals surface area (Å²) in [6.45, 7) is 3.59. The van der Waals surface area contributed by atoms with Gasteiger partial charge in [-0.3, -0.25) is 0 Å². The Hall–Kier alpha value is -0.0400. The Labute approximate surface area is 108 Å². The van der Waals surface area contributed by atoms with Crippen LogP contribution in [0, 0.1) is 11.8 Å². The normalized spacial score (nSPS) is 35.1. The van der Waals surface area contributed by atoms with E-state index in [0.29, 0.717) is 0 Å². The summed E-state index contributed by atoms with van der Waals surface area (Å²) in [4.78, 5) is 2.63. The molecule has 1 heteroatoms. The zero-order valence-corrected chi connectivity index (χ0v) is 12.0. The molecule has 2 rings (SSSR count). The molecule has 2 fully saturated rings. The van der Waals surface area contributed by atoms with Crippen LogP contribution in [0.25, 0.3) is 0 Å². The highest BCUT2D eigenvalue weighted by atomic mass is 15.1. The lowest BCUT2D eigenvalue weighted by atomic mass is 9.84. The Balaban J connectivity index is 1.88. The Morgan fingerprint density at radius 3 is 1.94 bits per heavy atom. The maximum Gasteiger partial charge on any atom is 0.00924 e. The van der Waals surface area contributed by atoms with E-state index < -0.39 is 0 Å². The molecule has 0 aliphatic heterocycles. The van der Waals surface area contributed by atoms with Crippen molar-refractivity contribution in [1.29, 1.82) is 0 Å². The van der Waals surface area contributed by atoms with Gasteiger partial charge in [-0.25, -0.2) is 0 Å². The second-order valence-corrected chi connectivity index (χ2v) is 6.45. The molecule has 0 saturated heterocycles. The lowest BCUT2D eigenvalue weighted by Gasteiger charge is -2.26. The number of fused-ring (bicyclic) bond motifs is 1. The summed E-state index contributed by atoms with van der Waals surface area (Å²) in [5.41, 5.74) is 0. The minimum atomic E-state index is 0.891. The van der Waals surface area contributed by atoms with Crippen LogP contribution in [0.15, 0.2) is 0 Å². The van der Waals surface area contributed by atoms with Crippen LogP contribution in [0.2, 0.25) is 0 Å². The highest BCUT2D eigenvalue weighted by Gasteiger charge is 2.29. The number of hydrogen-bond acceptors (Lipinski definition) is 1. The van der Waals surface area contributed by atoms with E-state index in [4.69, 9.17) is 0 Å². The molecule has 0 radical (unpaired) electrons. The summed E-state index contributed by atoms with van der Waals surface area (Å²) < 4.78 is 0. The van der Waals surface area contributed by atoms with Gasteiger partial charge in [-0.1, -0.05) is 39.0 Å². The van der Waals surface area contributed by atoms with Gasteiger partial charge < -0.3 is 4.90 Å². The molecule has 0 amide bonds. The Bertz CT molecular complexity index is 198. The number of hydrogen-bond donors (Lipinski definition) is 0. The fourth-order valence-electron chi connectivity index (χ4n) is 4.15. The predicted octanol–water partition coefficient (Wildman–Crippen LogP) is 4.47. The van der Waals surface area contributed by atoms with Crippen LogP contribution in [0.1, 0.15) is 71.1 Å². The molecule has 0 heterocycles. The first-order valence-corrected chi connectivity index (χ1v) is 8.01. The molecule has 2 aliphatic carbocycles. The van der Waals surface area contributed by atoms with Crippen LogP contribution in [-0.2, 0) is 0 Å². The van der Waals surface area contributed by atoms with E-state index in [1.165, 1.54) is 70.8 Å². The van der Waals surface area contributed by atoms with Crippen LogP contribution in [0.3, 0.4) is 0 Å². The standard InChI is InChI=1S/C16H31N/c1-3-13-17(2)16-11-9-14-7-5-4-6-8-15(14)10-12-16/h14-16H,3-13H2,1-2H3. The lowest BCUT2D eigenvalue weighted by molar-refractivity contribution is 0.218. The zero-order chi connectivity index (χ0) is 12.1. The van der Waals surface area contributed by atoms with E-state index in [0.717, 1.165) is 17.9 Å². The third-order valence-corrected chi connectivity index (χ3v) is 5.26. The molecule has 0 aromatic carbocycles. The molecule has 0 bridgehead atoms. The topological polar surface area (TPSA) is 3.24 Å². The second kappa shape index (κ2) is 6.78. The van der Waals surface area contributed by atoms with E-state index in [2.05, 4.69) is 18.9 Å². The van der Waals surface area contributed by atoms with Crippen LogP contribution in [-0.4, -0.2) is 24.5 Å². The molecule has 100 valence electrons. The van der Waals surface area contributed by atoms with Gasteiger partial charge in [-0.05, 0) is 57.5 Å². The SMILES string of the molecule is CCCN(C)C1CCC2CCCCCC2CC1. The first-order chi connectivity index (χ1) is 8.31.